The lowest BCUT2D eigenvalue weighted by Gasteiger charge is -2.33. The van der Waals surface area contributed by atoms with Crippen LogP contribution in [0, 0.1) is 0 Å². The number of halogens is 2. The fourth-order valence-corrected chi connectivity index (χ4v) is 2.89. The maximum atomic E-state index is 11.7. The van der Waals surface area contributed by atoms with Crippen molar-refractivity contribution in [1.82, 2.24) is 4.98 Å². The molecule has 1 aromatic heterocycles. The lowest BCUT2D eigenvalue weighted by atomic mass is 9.72. The minimum atomic E-state index is -0.541. The predicted molar refractivity (Wildman–Crippen MR) is 67.6 cm³/mol. The van der Waals surface area contributed by atoms with Crippen LogP contribution < -0.4 is 0 Å². The lowest BCUT2D eigenvalue weighted by Crippen LogP contribution is -2.36. The standard InChI is InChI=1S/C12H13BrClNO/c13-9-4-5-10(15-8-9)12(11(14)16)6-2-1-3-7-12/h4-5,8H,1-3,6-7H2. The van der Waals surface area contributed by atoms with Crippen LogP contribution in [0.4, 0.5) is 0 Å². The fourth-order valence-electron chi connectivity index (χ4n) is 2.37. The highest BCUT2D eigenvalue weighted by Crippen LogP contribution is 2.40. The number of rotatable bonds is 2. The molecule has 0 aliphatic heterocycles. The van der Waals surface area contributed by atoms with E-state index in [0.29, 0.717) is 0 Å². The van der Waals surface area contributed by atoms with E-state index in [9.17, 15) is 4.79 Å². The van der Waals surface area contributed by atoms with Gasteiger partial charge in [-0.05, 0) is 52.5 Å². The Labute approximate surface area is 109 Å². The molecular formula is C12H13BrClNO. The Bertz CT molecular complexity index is 385. The van der Waals surface area contributed by atoms with Gasteiger partial charge in [-0.15, -0.1) is 0 Å². The monoisotopic (exact) mass is 301 g/mol. The zero-order valence-corrected chi connectivity index (χ0v) is 11.2. The third-order valence-corrected chi connectivity index (χ3v) is 4.13. The van der Waals surface area contributed by atoms with E-state index in [0.717, 1.165) is 35.8 Å². The van der Waals surface area contributed by atoms with Crippen LogP contribution in [0.3, 0.4) is 0 Å². The molecule has 2 nitrogen and oxygen atoms in total. The number of pyridine rings is 1. The van der Waals surface area contributed by atoms with E-state index in [-0.39, 0.29) is 5.24 Å². The molecule has 0 spiro atoms. The van der Waals surface area contributed by atoms with Gasteiger partial charge in [0.25, 0.3) is 0 Å². The molecule has 0 bridgehead atoms. The molecule has 2 rings (SSSR count). The second-order valence-corrected chi connectivity index (χ2v) is 5.54. The number of hydrogen-bond donors (Lipinski definition) is 0. The molecule has 4 heteroatoms. The maximum Gasteiger partial charge on any atom is 0.233 e. The van der Waals surface area contributed by atoms with E-state index in [1.54, 1.807) is 6.20 Å². The molecule has 1 aliphatic rings. The average Bonchev–Trinajstić information content (AvgIpc) is 2.30. The van der Waals surface area contributed by atoms with Crippen LogP contribution in [-0.4, -0.2) is 10.2 Å². The van der Waals surface area contributed by atoms with Crippen LogP contribution in [0.25, 0.3) is 0 Å². The maximum absolute atomic E-state index is 11.7. The van der Waals surface area contributed by atoms with Crippen molar-refractivity contribution in [3.05, 3.63) is 28.5 Å². The van der Waals surface area contributed by atoms with Crippen LogP contribution >= 0.6 is 27.5 Å². The van der Waals surface area contributed by atoms with Crippen LogP contribution in [0.5, 0.6) is 0 Å². The second kappa shape index (κ2) is 4.84. The Balaban J connectivity index is 2.38. The molecule has 1 heterocycles. The lowest BCUT2D eigenvalue weighted by molar-refractivity contribution is -0.118. The molecule has 0 amide bonds. The summed E-state index contributed by atoms with van der Waals surface area (Å²) in [5.74, 6) is 0. The van der Waals surface area contributed by atoms with Crippen molar-refractivity contribution in [2.24, 2.45) is 0 Å². The highest BCUT2D eigenvalue weighted by molar-refractivity contribution is 9.10. The van der Waals surface area contributed by atoms with E-state index in [1.807, 2.05) is 12.1 Å². The van der Waals surface area contributed by atoms with Crippen LogP contribution in [0.1, 0.15) is 37.8 Å². The van der Waals surface area contributed by atoms with Gasteiger partial charge in [0, 0.05) is 10.7 Å². The minimum absolute atomic E-state index is 0.262. The molecule has 0 aromatic carbocycles. The van der Waals surface area contributed by atoms with Crippen molar-refractivity contribution in [1.29, 1.82) is 0 Å². The normalized spacial score (nSPS) is 19.4. The summed E-state index contributed by atoms with van der Waals surface area (Å²) in [6.07, 6.45) is 6.66. The van der Waals surface area contributed by atoms with Crippen molar-refractivity contribution >= 4 is 32.8 Å². The molecule has 0 atom stereocenters. The van der Waals surface area contributed by atoms with Gasteiger partial charge in [0.15, 0.2) is 0 Å². The molecule has 0 saturated heterocycles. The van der Waals surface area contributed by atoms with E-state index >= 15 is 0 Å². The van der Waals surface area contributed by atoms with Gasteiger partial charge in [-0.2, -0.15) is 0 Å². The van der Waals surface area contributed by atoms with Crippen molar-refractivity contribution < 1.29 is 4.79 Å². The van der Waals surface area contributed by atoms with Crippen LogP contribution in [-0.2, 0) is 10.2 Å². The topological polar surface area (TPSA) is 30.0 Å². The molecule has 0 N–H and O–H groups in total. The summed E-state index contributed by atoms with van der Waals surface area (Å²) in [5.41, 5.74) is 0.274. The van der Waals surface area contributed by atoms with E-state index in [1.165, 1.54) is 6.42 Å². The van der Waals surface area contributed by atoms with Gasteiger partial charge in [0.2, 0.25) is 5.24 Å². The number of carbonyl (C=O) groups is 1. The van der Waals surface area contributed by atoms with Gasteiger partial charge in [-0.3, -0.25) is 9.78 Å². The molecule has 0 radical (unpaired) electrons. The molecule has 1 fully saturated rings. The number of hydrogen-bond acceptors (Lipinski definition) is 2. The van der Waals surface area contributed by atoms with Gasteiger partial charge in [0.1, 0.15) is 0 Å². The molecule has 1 aliphatic carbocycles. The number of carbonyl (C=O) groups excluding carboxylic acids is 1. The summed E-state index contributed by atoms with van der Waals surface area (Å²) >= 11 is 9.14. The first-order valence-corrected chi connectivity index (χ1v) is 6.64. The first-order valence-electron chi connectivity index (χ1n) is 5.47. The SMILES string of the molecule is O=C(Cl)C1(c2ccc(Br)cn2)CCCCC1. The second-order valence-electron chi connectivity index (χ2n) is 4.28. The predicted octanol–water partition coefficient (Wildman–Crippen LogP) is 3.81. The molecule has 16 heavy (non-hydrogen) atoms. The Morgan fingerprint density at radius 1 is 1.31 bits per heavy atom. The summed E-state index contributed by atoms with van der Waals surface area (Å²) in [6.45, 7) is 0. The first kappa shape index (κ1) is 12.1. The summed E-state index contributed by atoms with van der Waals surface area (Å²) in [5, 5.41) is -0.262. The zero-order valence-electron chi connectivity index (χ0n) is 8.88. The zero-order chi connectivity index (χ0) is 11.6. The molecule has 86 valence electrons. The van der Waals surface area contributed by atoms with E-state index < -0.39 is 5.41 Å². The van der Waals surface area contributed by atoms with Gasteiger partial charge in [-0.1, -0.05) is 19.3 Å². The Morgan fingerprint density at radius 2 is 2.00 bits per heavy atom. The van der Waals surface area contributed by atoms with Crippen molar-refractivity contribution in [3.8, 4) is 0 Å². The average molecular weight is 303 g/mol. The third-order valence-electron chi connectivity index (χ3n) is 3.30. The summed E-state index contributed by atoms with van der Waals surface area (Å²) in [7, 11) is 0. The van der Waals surface area contributed by atoms with Crippen molar-refractivity contribution in [2.45, 2.75) is 37.5 Å². The molecule has 1 saturated carbocycles. The van der Waals surface area contributed by atoms with Gasteiger partial charge in [-0.25, -0.2) is 0 Å². The molecule has 0 unspecified atom stereocenters. The number of nitrogens with zero attached hydrogens (tertiary/aromatic N) is 1. The Hall–Kier alpha value is -0.410. The highest BCUT2D eigenvalue weighted by Gasteiger charge is 2.41. The summed E-state index contributed by atoms with van der Waals surface area (Å²) in [6, 6.07) is 3.81. The molecule has 1 aromatic rings. The smallest absolute Gasteiger partial charge is 0.233 e. The Kier molecular flexibility index (Phi) is 3.65. The van der Waals surface area contributed by atoms with Crippen molar-refractivity contribution in [2.75, 3.05) is 0 Å². The fraction of sp³-hybridized carbons (Fsp3) is 0.500. The summed E-state index contributed by atoms with van der Waals surface area (Å²) < 4.78 is 0.921. The quantitative estimate of drug-likeness (QED) is 0.778. The van der Waals surface area contributed by atoms with Gasteiger partial charge in [0.05, 0.1) is 11.1 Å². The third kappa shape index (κ3) is 2.16. The number of aromatic nitrogens is 1. The summed E-state index contributed by atoms with van der Waals surface area (Å²) in [4.78, 5) is 16.1. The van der Waals surface area contributed by atoms with Gasteiger partial charge < -0.3 is 0 Å². The largest absolute Gasteiger partial charge is 0.280 e. The minimum Gasteiger partial charge on any atom is -0.280 e. The highest BCUT2D eigenvalue weighted by atomic mass is 79.9. The van der Waals surface area contributed by atoms with Gasteiger partial charge >= 0.3 is 0 Å². The van der Waals surface area contributed by atoms with Crippen LogP contribution in [0.2, 0.25) is 0 Å². The van der Waals surface area contributed by atoms with E-state index in [4.69, 9.17) is 11.6 Å². The van der Waals surface area contributed by atoms with E-state index in [2.05, 4.69) is 20.9 Å². The molecular weight excluding hydrogens is 289 g/mol. The Morgan fingerprint density at radius 3 is 2.50 bits per heavy atom. The van der Waals surface area contributed by atoms with Crippen molar-refractivity contribution in [3.63, 3.8) is 0 Å². The van der Waals surface area contributed by atoms with Crippen LogP contribution in [0.15, 0.2) is 22.8 Å². The first-order chi connectivity index (χ1) is 7.65.